The number of hydrogen-bond donors (Lipinski definition) is 1. The Kier molecular flexibility index (Phi) is 3.26. The van der Waals surface area contributed by atoms with Crippen LogP contribution in [0.1, 0.15) is 18.9 Å². The van der Waals surface area contributed by atoms with E-state index in [1.165, 1.54) is 17.8 Å². The van der Waals surface area contributed by atoms with E-state index >= 15 is 0 Å². The number of aromatic nitrogens is 2. The van der Waals surface area contributed by atoms with E-state index in [1.54, 1.807) is 6.07 Å². The zero-order chi connectivity index (χ0) is 13.6. The summed E-state index contributed by atoms with van der Waals surface area (Å²) in [6.07, 6.45) is 2.06. The molecule has 0 radical (unpaired) electrons. The standard InChI is InChI=1S/C12H10BrFN2O2S/c13-7-3-9-10(4-8(7)14)16(6-1-2-6)12(15-9)19-5-11(17)18/h3-4,6H,1-2,5H2,(H,17,18). The molecule has 0 spiro atoms. The fourth-order valence-electron chi connectivity index (χ4n) is 1.98. The summed E-state index contributed by atoms with van der Waals surface area (Å²) in [4.78, 5) is 15.1. The number of carboxylic acids is 1. The van der Waals surface area contributed by atoms with Gasteiger partial charge in [0.2, 0.25) is 0 Å². The van der Waals surface area contributed by atoms with Crippen LogP contribution in [0, 0.1) is 5.82 Å². The van der Waals surface area contributed by atoms with E-state index in [0.29, 0.717) is 21.2 Å². The minimum absolute atomic E-state index is 0.0420. The van der Waals surface area contributed by atoms with Crippen molar-refractivity contribution in [3.05, 3.63) is 22.4 Å². The molecule has 1 fully saturated rings. The number of nitrogens with zero attached hydrogens (tertiary/aromatic N) is 2. The molecule has 1 heterocycles. The van der Waals surface area contributed by atoms with Gasteiger partial charge in [-0.25, -0.2) is 9.37 Å². The molecule has 1 aliphatic rings. The molecule has 1 aliphatic carbocycles. The van der Waals surface area contributed by atoms with E-state index < -0.39 is 5.97 Å². The second-order valence-corrected chi connectivity index (χ2v) is 6.23. The fraction of sp³-hybridized carbons (Fsp3) is 0.333. The summed E-state index contributed by atoms with van der Waals surface area (Å²) in [5.74, 6) is -1.25. The Balaban J connectivity index is 2.10. The lowest BCUT2D eigenvalue weighted by molar-refractivity contribution is -0.133. The van der Waals surface area contributed by atoms with Crippen molar-refractivity contribution in [2.45, 2.75) is 24.0 Å². The number of rotatable bonds is 4. The van der Waals surface area contributed by atoms with Gasteiger partial charge in [-0.3, -0.25) is 4.79 Å². The number of hydrogen-bond acceptors (Lipinski definition) is 3. The van der Waals surface area contributed by atoms with Crippen LogP contribution in [-0.2, 0) is 4.79 Å². The minimum atomic E-state index is -0.883. The minimum Gasteiger partial charge on any atom is -0.481 e. The van der Waals surface area contributed by atoms with Gasteiger partial charge in [-0.2, -0.15) is 0 Å². The third-order valence-corrected chi connectivity index (χ3v) is 4.48. The zero-order valence-corrected chi connectivity index (χ0v) is 12.2. The summed E-state index contributed by atoms with van der Waals surface area (Å²) in [6.45, 7) is 0. The van der Waals surface area contributed by atoms with E-state index in [2.05, 4.69) is 20.9 Å². The lowest BCUT2D eigenvalue weighted by Crippen LogP contribution is -2.02. The van der Waals surface area contributed by atoms with Gasteiger partial charge in [0, 0.05) is 12.1 Å². The zero-order valence-electron chi connectivity index (χ0n) is 9.77. The SMILES string of the molecule is O=C(O)CSc1nc2cc(Br)c(F)cc2n1C1CC1. The molecule has 0 amide bonds. The second kappa shape index (κ2) is 4.79. The molecule has 4 nitrogen and oxygen atoms in total. The molecule has 100 valence electrons. The van der Waals surface area contributed by atoms with Crippen LogP contribution in [0.15, 0.2) is 21.8 Å². The number of halogens is 2. The van der Waals surface area contributed by atoms with Crippen molar-refractivity contribution < 1.29 is 14.3 Å². The Hall–Kier alpha value is -1.08. The first-order chi connectivity index (χ1) is 9.06. The van der Waals surface area contributed by atoms with Crippen molar-refractivity contribution in [1.82, 2.24) is 9.55 Å². The van der Waals surface area contributed by atoms with Crippen molar-refractivity contribution in [2.24, 2.45) is 0 Å². The topological polar surface area (TPSA) is 55.1 Å². The molecule has 0 bridgehead atoms. The van der Waals surface area contributed by atoms with Gasteiger partial charge in [0.05, 0.1) is 21.3 Å². The van der Waals surface area contributed by atoms with E-state index in [0.717, 1.165) is 18.4 Å². The molecule has 2 aromatic rings. The predicted molar refractivity (Wildman–Crippen MR) is 74.0 cm³/mol. The van der Waals surface area contributed by atoms with E-state index in [1.807, 2.05) is 4.57 Å². The third-order valence-electron chi connectivity index (χ3n) is 2.94. The molecule has 1 N–H and O–H groups in total. The molecular formula is C12H10BrFN2O2S. The number of fused-ring (bicyclic) bond motifs is 1. The Morgan fingerprint density at radius 2 is 2.32 bits per heavy atom. The highest BCUT2D eigenvalue weighted by atomic mass is 79.9. The number of carbonyl (C=O) groups is 1. The Labute approximate surface area is 121 Å². The normalized spacial score (nSPS) is 15.1. The van der Waals surface area contributed by atoms with Gasteiger partial charge in [-0.05, 0) is 34.8 Å². The van der Waals surface area contributed by atoms with Crippen molar-refractivity contribution in [2.75, 3.05) is 5.75 Å². The van der Waals surface area contributed by atoms with E-state index in [4.69, 9.17) is 5.11 Å². The summed E-state index contributed by atoms with van der Waals surface area (Å²) in [5.41, 5.74) is 1.42. The van der Waals surface area contributed by atoms with Crippen LogP contribution in [0.2, 0.25) is 0 Å². The summed E-state index contributed by atoms with van der Waals surface area (Å²) < 4.78 is 16.0. The maximum absolute atomic E-state index is 13.6. The molecule has 0 aliphatic heterocycles. The molecule has 1 saturated carbocycles. The first-order valence-corrected chi connectivity index (χ1v) is 7.55. The third kappa shape index (κ3) is 2.49. The molecule has 19 heavy (non-hydrogen) atoms. The van der Waals surface area contributed by atoms with Gasteiger partial charge in [0.15, 0.2) is 5.16 Å². The van der Waals surface area contributed by atoms with Crippen molar-refractivity contribution in [3.63, 3.8) is 0 Å². The van der Waals surface area contributed by atoms with Gasteiger partial charge in [-0.15, -0.1) is 0 Å². The molecule has 3 rings (SSSR count). The fourth-order valence-corrected chi connectivity index (χ4v) is 3.12. The average Bonchev–Trinajstić information content (AvgIpc) is 3.11. The van der Waals surface area contributed by atoms with Gasteiger partial charge >= 0.3 is 5.97 Å². The predicted octanol–water partition coefficient (Wildman–Crippen LogP) is 3.45. The van der Waals surface area contributed by atoms with Gasteiger partial charge < -0.3 is 9.67 Å². The lowest BCUT2D eigenvalue weighted by Gasteiger charge is -2.06. The van der Waals surface area contributed by atoms with Crippen LogP contribution < -0.4 is 0 Å². The number of aliphatic carboxylic acids is 1. The molecule has 1 aromatic carbocycles. The van der Waals surface area contributed by atoms with Gasteiger partial charge in [-0.1, -0.05) is 11.8 Å². The molecular weight excluding hydrogens is 335 g/mol. The smallest absolute Gasteiger partial charge is 0.313 e. The second-order valence-electron chi connectivity index (χ2n) is 4.43. The maximum atomic E-state index is 13.6. The average molecular weight is 345 g/mol. The monoisotopic (exact) mass is 344 g/mol. The van der Waals surface area contributed by atoms with Crippen LogP contribution in [0.4, 0.5) is 4.39 Å². The first-order valence-electron chi connectivity index (χ1n) is 5.78. The molecule has 7 heteroatoms. The first kappa shape index (κ1) is 12.9. The van der Waals surface area contributed by atoms with Crippen LogP contribution >= 0.6 is 27.7 Å². The van der Waals surface area contributed by atoms with Crippen molar-refractivity contribution in [3.8, 4) is 0 Å². The highest BCUT2D eigenvalue weighted by Gasteiger charge is 2.29. The molecule has 1 aromatic heterocycles. The number of imidazole rings is 1. The van der Waals surface area contributed by atoms with Gasteiger partial charge in [0.1, 0.15) is 5.82 Å². The Morgan fingerprint density at radius 3 is 2.95 bits per heavy atom. The summed E-state index contributed by atoms with van der Waals surface area (Å²) in [7, 11) is 0. The van der Waals surface area contributed by atoms with E-state index in [9.17, 15) is 9.18 Å². The molecule has 0 atom stereocenters. The quantitative estimate of drug-likeness (QED) is 0.863. The molecule has 0 saturated heterocycles. The maximum Gasteiger partial charge on any atom is 0.313 e. The number of thioether (sulfide) groups is 1. The van der Waals surface area contributed by atoms with Crippen LogP contribution in [0.3, 0.4) is 0 Å². The van der Waals surface area contributed by atoms with Crippen molar-refractivity contribution in [1.29, 1.82) is 0 Å². The van der Waals surface area contributed by atoms with Crippen LogP contribution in [0.25, 0.3) is 11.0 Å². The number of benzene rings is 1. The summed E-state index contributed by atoms with van der Waals surface area (Å²) in [5, 5.41) is 9.41. The highest BCUT2D eigenvalue weighted by molar-refractivity contribution is 9.10. The van der Waals surface area contributed by atoms with E-state index in [-0.39, 0.29) is 11.6 Å². The lowest BCUT2D eigenvalue weighted by atomic mass is 10.3. The number of carboxylic acid groups (broad SMARTS) is 1. The van der Waals surface area contributed by atoms with Gasteiger partial charge in [0.25, 0.3) is 0 Å². The van der Waals surface area contributed by atoms with Crippen molar-refractivity contribution >= 4 is 44.7 Å². The van der Waals surface area contributed by atoms with Crippen LogP contribution in [0.5, 0.6) is 0 Å². The summed E-state index contributed by atoms with van der Waals surface area (Å²) in [6, 6.07) is 3.41. The molecule has 0 unspecified atom stereocenters. The Morgan fingerprint density at radius 1 is 1.58 bits per heavy atom. The highest BCUT2D eigenvalue weighted by Crippen LogP contribution is 2.41. The largest absolute Gasteiger partial charge is 0.481 e. The van der Waals surface area contributed by atoms with Crippen LogP contribution in [-0.4, -0.2) is 26.4 Å². The Bertz CT molecular complexity index is 669. The summed E-state index contributed by atoms with van der Waals surface area (Å²) >= 11 is 4.32.